The van der Waals surface area contributed by atoms with Gasteiger partial charge >= 0.3 is 0 Å². The van der Waals surface area contributed by atoms with Crippen molar-refractivity contribution in [2.75, 3.05) is 5.75 Å². The molecular weight excluding hydrogens is 348 g/mol. The van der Waals surface area contributed by atoms with E-state index >= 15 is 0 Å². The lowest BCUT2D eigenvalue weighted by Gasteiger charge is -2.04. The highest BCUT2D eigenvalue weighted by molar-refractivity contribution is 7.99. The van der Waals surface area contributed by atoms with Gasteiger partial charge in [-0.2, -0.15) is 4.98 Å². The number of para-hydroxylation sites is 1. The minimum atomic E-state index is -0.104. The summed E-state index contributed by atoms with van der Waals surface area (Å²) in [4.78, 5) is 28.5. The van der Waals surface area contributed by atoms with Crippen molar-refractivity contribution < 1.29 is 0 Å². The third kappa shape index (κ3) is 2.96. The fourth-order valence-electron chi connectivity index (χ4n) is 2.79. The zero-order valence-corrected chi connectivity index (χ0v) is 15.6. The summed E-state index contributed by atoms with van der Waals surface area (Å²) in [6, 6.07) is 7.35. The Bertz CT molecular complexity index is 1180. The minimum Gasteiger partial charge on any atom is -0.310 e. The maximum absolute atomic E-state index is 12.1. The summed E-state index contributed by atoms with van der Waals surface area (Å²) in [5.74, 6) is 2.01. The van der Waals surface area contributed by atoms with Gasteiger partial charge in [0.25, 0.3) is 11.3 Å². The van der Waals surface area contributed by atoms with Gasteiger partial charge in [-0.3, -0.25) is 4.79 Å². The molecule has 4 aromatic rings. The van der Waals surface area contributed by atoms with Gasteiger partial charge in [-0.1, -0.05) is 23.9 Å². The molecule has 3 aromatic heterocycles. The van der Waals surface area contributed by atoms with Gasteiger partial charge in [-0.05, 0) is 38.5 Å². The van der Waals surface area contributed by atoms with E-state index in [1.54, 1.807) is 10.6 Å². The van der Waals surface area contributed by atoms with Crippen molar-refractivity contribution in [3.05, 3.63) is 57.4 Å². The molecule has 7 nitrogen and oxygen atoms in total. The first-order valence-corrected chi connectivity index (χ1v) is 9.33. The molecule has 0 atom stereocenters. The average Bonchev–Trinajstić information content (AvgIpc) is 3.03. The van der Waals surface area contributed by atoms with E-state index in [9.17, 15) is 4.79 Å². The molecule has 8 heteroatoms. The topological polar surface area (TPSA) is 88.8 Å². The Labute approximate surface area is 153 Å². The summed E-state index contributed by atoms with van der Waals surface area (Å²) in [6.45, 7) is 6.03. The number of aromatic nitrogens is 6. The second-order valence-electron chi connectivity index (χ2n) is 6.14. The first kappa shape index (κ1) is 16.7. The number of aromatic amines is 1. The van der Waals surface area contributed by atoms with Gasteiger partial charge in [0, 0.05) is 23.6 Å². The molecule has 132 valence electrons. The van der Waals surface area contributed by atoms with Crippen LogP contribution in [0.4, 0.5) is 0 Å². The molecule has 0 aliphatic rings. The first-order valence-electron chi connectivity index (χ1n) is 8.34. The van der Waals surface area contributed by atoms with E-state index in [1.165, 1.54) is 11.8 Å². The van der Waals surface area contributed by atoms with Crippen LogP contribution in [0.15, 0.2) is 34.2 Å². The molecule has 0 fully saturated rings. The predicted octanol–water partition coefficient (Wildman–Crippen LogP) is 2.62. The molecule has 0 saturated heterocycles. The molecule has 3 heterocycles. The maximum Gasteiger partial charge on any atom is 0.258 e. The Morgan fingerprint density at radius 1 is 1.12 bits per heavy atom. The summed E-state index contributed by atoms with van der Waals surface area (Å²) in [5.41, 5.74) is 3.75. The Morgan fingerprint density at radius 3 is 2.77 bits per heavy atom. The van der Waals surface area contributed by atoms with Crippen LogP contribution < -0.4 is 5.56 Å². The number of rotatable bonds is 4. The number of nitrogens with one attached hydrogen (secondary N) is 1. The van der Waals surface area contributed by atoms with E-state index in [0.29, 0.717) is 34.1 Å². The van der Waals surface area contributed by atoms with E-state index in [0.717, 1.165) is 22.7 Å². The second kappa shape index (κ2) is 6.53. The molecule has 0 spiro atoms. The van der Waals surface area contributed by atoms with E-state index in [1.807, 2.05) is 39.0 Å². The third-order valence-electron chi connectivity index (χ3n) is 4.47. The number of fused-ring (bicyclic) bond motifs is 2. The lowest BCUT2D eigenvalue weighted by molar-refractivity contribution is 0.831. The van der Waals surface area contributed by atoms with Crippen LogP contribution >= 0.6 is 11.8 Å². The van der Waals surface area contributed by atoms with Gasteiger partial charge < -0.3 is 4.98 Å². The minimum absolute atomic E-state index is 0.104. The van der Waals surface area contributed by atoms with Crippen LogP contribution in [0.3, 0.4) is 0 Å². The molecule has 0 unspecified atom stereocenters. The Kier molecular flexibility index (Phi) is 4.20. The molecular formula is C18H18N6OS. The predicted molar refractivity (Wildman–Crippen MR) is 102 cm³/mol. The van der Waals surface area contributed by atoms with Crippen LogP contribution in [0.1, 0.15) is 22.8 Å². The largest absolute Gasteiger partial charge is 0.310 e. The molecule has 0 aliphatic heterocycles. The van der Waals surface area contributed by atoms with E-state index in [-0.39, 0.29) is 5.56 Å². The fourth-order valence-corrected chi connectivity index (χ4v) is 3.55. The number of hydrogen-bond donors (Lipinski definition) is 1. The highest BCUT2D eigenvalue weighted by atomic mass is 32.2. The highest BCUT2D eigenvalue weighted by Gasteiger charge is 2.11. The van der Waals surface area contributed by atoms with Crippen molar-refractivity contribution in [3.8, 4) is 0 Å². The summed E-state index contributed by atoms with van der Waals surface area (Å²) < 4.78 is 1.78. The van der Waals surface area contributed by atoms with Crippen molar-refractivity contribution in [1.29, 1.82) is 0 Å². The van der Waals surface area contributed by atoms with Crippen LogP contribution in [-0.4, -0.2) is 35.3 Å². The summed E-state index contributed by atoms with van der Waals surface area (Å²) in [6.07, 6.45) is 0.630. The van der Waals surface area contributed by atoms with Crippen LogP contribution in [0.5, 0.6) is 0 Å². The lowest BCUT2D eigenvalue weighted by Crippen LogP contribution is -2.12. The molecule has 1 N–H and O–H groups in total. The molecule has 0 aliphatic carbocycles. The van der Waals surface area contributed by atoms with E-state index < -0.39 is 0 Å². The average molecular weight is 366 g/mol. The fraction of sp³-hybridized carbons (Fsp3) is 0.278. The number of H-pyrrole nitrogens is 1. The summed E-state index contributed by atoms with van der Waals surface area (Å²) in [7, 11) is 0. The summed E-state index contributed by atoms with van der Waals surface area (Å²) in [5, 5.41) is 5.81. The number of benzene rings is 1. The number of hydrogen-bond acceptors (Lipinski definition) is 6. The van der Waals surface area contributed by atoms with E-state index in [4.69, 9.17) is 0 Å². The van der Waals surface area contributed by atoms with Gasteiger partial charge in [-0.25, -0.2) is 14.5 Å². The quantitative estimate of drug-likeness (QED) is 0.559. The molecule has 0 radical (unpaired) electrons. The highest BCUT2D eigenvalue weighted by Crippen LogP contribution is 2.18. The van der Waals surface area contributed by atoms with Crippen LogP contribution in [0.25, 0.3) is 16.7 Å². The molecule has 0 amide bonds. The van der Waals surface area contributed by atoms with E-state index in [2.05, 4.69) is 25.0 Å². The van der Waals surface area contributed by atoms with Crippen LogP contribution in [-0.2, 0) is 6.42 Å². The monoisotopic (exact) mass is 366 g/mol. The van der Waals surface area contributed by atoms with Crippen molar-refractivity contribution in [1.82, 2.24) is 29.5 Å². The number of aryl methyl sites for hydroxylation is 3. The standard InChI is InChI=1S/C18H18N6OS/c1-10-11(2)19-17-22-18(23-24(17)12(10)3)26-9-8-15-20-14-7-5-4-6-13(14)16(25)21-15/h4-7H,8-9H2,1-3H3,(H,20,21,25). The van der Waals surface area contributed by atoms with Crippen molar-refractivity contribution in [3.63, 3.8) is 0 Å². The molecule has 4 rings (SSSR count). The smallest absolute Gasteiger partial charge is 0.258 e. The zero-order valence-electron chi connectivity index (χ0n) is 14.8. The zero-order chi connectivity index (χ0) is 18.3. The van der Waals surface area contributed by atoms with Crippen molar-refractivity contribution in [2.45, 2.75) is 32.3 Å². The Hall–Kier alpha value is -2.74. The molecule has 0 bridgehead atoms. The van der Waals surface area contributed by atoms with Crippen molar-refractivity contribution >= 4 is 28.4 Å². The summed E-state index contributed by atoms with van der Waals surface area (Å²) >= 11 is 1.53. The first-order chi connectivity index (χ1) is 12.5. The van der Waals surface area contributed by atoms with Gasteiger partial charge in [0.15, 0.2) is 0 Å². The number of thioether (sulfide) groups is 1. The van der Waals surface area contributed by atoms with Gasteiger partial charge in [0.1, 0.15) is 5.82 Å². The molecule has 0 saturated carbocycles. The second-order valence-corrected chi connectivity index (χ2v) is 7.20. The molecule has 1 aromatic carbocycles. The van der Waals surface area contributed by atoms with Gasteiger partial charge in [0.05, 0.1) is 10.9 Å². The van der Waals surface area contributed by atoms with Crippen LogP contribution in [0.2, 0.25) is 0 Å². The maximum atomic E-state index is 12.1. The van der Waals surface area contributed by atoms with Gasteiger partial charge in [0.2, 0.25) is 5.16 Å². The number of nitrogens with zero attached hydrogens (tertiary/aromatic N) is 5. The van der Waals surface area contributed by atoms with Gasteiger partial charge in [-0.15, -0.1) is 5.10 Å². The lowest BCUT2D eigenvalue weighted by atomic mass is 10.2. The molecule has 26 heavy (non-hydrogen) atoms. The third-order valence-corrected chi connectivity index (χ3v) is 5.31. The SMILES string of the molecule is Cc1nc2nc(SCCc3nc4ccccc4c(=O)[nH]3)nn2c(C)c1C. The Balaban J connectivity index is 1.52. The normalized spacial score (nSPS) is 11.5. The van der Waals surface area contributed by atoms with Crippen molar-refractivity contribution in [2.24, 2.45) is 0 Å². The van der Waals surface area contributed by atoms with Crippen LogP contribution in [0, 0.1) is 20.8 Å². The Morgan fingerprint density at radius 2 is 1.92 bits per heavy atom.